The van der Waals surface area contributed by atoms with Crippen LogP contribution in [0.2, 0.25) is 0 Å². The summed E-state index contributed by atoms with van der Waals surface area (Å²) in [6.45, 7) is 4.96. The van der Waals surface area contributed by atoms with E-state index in [0.717, 1.165) is 6.42 Å². The smallest absolute Gasteiger partial charge is 0.256 e. The average molecular weight is 306 g/mol. The van der Waals surface area contributed by atoms with Crippen molar-refractivity contribution in [3.05, 3.63) is 42.7 Å². The van der Waals surface area contributed by atoms with Gasteiger partial charge in [-0.15, -0.1) is 6.58 Å². The van der Waals surface area contributed by atoms with Gasteiger partial charge in [-0.05, 0) is 31.1 Å². The first-order valence-corrected chi connectivity index (χ1v) is 7.97. The Morgan fingerprint density at radius 2 is 2.48 bits per heavy atom. The van der Waals surface area contributed by atoms with Crippen LogP contribution in [0.1, 0.15) is 37.3 Å². The van der Waals surface area contributed by atoms with Crippen molar-refractivity contribution >= 4 is 17.4 Å². The molecule has 4 nitrogen and oxygen atoms in total. The number of hydrogen-bond acceptors (Lipinski definition) is 3. The summed E-state index contributed by atoms with van der Waals surface area (Å²) in [5.41, 5.74) is 1.33. The van der Waals surface area contributed by atoms with Crippen molar-refractivity contribution in [3.63, 3.8) is 0 Å². The standard InChI is InChI=1S/C16H23N3OS/c1-2-9-18-16(21)20-11-8-14-6-3-7-15(19-14)13-5-4-10-17-12-13/h2,4-5,10,12,14-15,19H,1,3,6-9,11H2,(H,18,21)/p+1/t14-,15+/m1/s1. The minimum Gasteiger partial charge on any atom is -0.471 e. The number of nitrogens with two attached hydrogens (primary N) is 1. The molecule has 1 aromatic rings. The third kappa shape index (κ3) is 5.44. The van der Waals surface area contributed by atoms with Gasteiger partial charge in [-0.2, -0.15) is 0 Å². The lowest BCUT2D eigenvalue weighted by atomic mass is 9.93. The number of quaternary nitrogens is 1. The van der Waals surface area contributed by atoms with Crippen LogP contribution in [0.3, 0.4) is 0 Å². The van der Waals surface area contributed by atoms with Crippen molar-refractivity contribution in [2.75, 3.05) is 13.2 Å². The van der Waals surface area contributed by atoms with E-state index in [1.165, 1.54) is 24.8 Å². The van der Waals surface area contributed by atoms with E-state index in [-0.39, 0.29) is 0 Å². The highest BCUT2D eigenvalue weighted by Crippen LogP contribution is 2.19. The van der Waals surface area contributed by atoms with Crippen molar-refractivity contribution < 1.29 is 10.1 Å². The van der Waals surface area contributed by atoms with Crippen LogP contribution in [0.4, 0.5) is 0 Å². The normalized spacial score (nSPS) is 21.5. The van der Waals surface area contributed by atoms with Crippen LogP contribution in [-0.2, 0) is 4.74 Å². The third-order valence-corrected chi connectivity index (χ3v) is 4.08. The Labute approximate surface area is 132 Å². The maximum atomic E-state index is 5.53. The number of rotatable bonds is 6. The predicted molar refractivity (Wildman–Crippen MR) is 87.9 cm³/mol. The van der Waals surface area contributed by atoms with Gasteiger partial charge in [-0.1, -0.05) is 12.1 Å². The first-order valence-electron chi connectivity index (χ1n) is 7.56. The van der Waals surface area contributed by atoms with Crippen LogP contribution in [0, 0.1) is 0 Å². The number of nitrogens with zero attached hydrogens (tertiary/aromatic N) is 1. The highest BCUT2D eigenvalue weighted by molar-refractivity contribution is 7.80. The monoisotopic (exact) mass is 306 g/mol. The molecule has 21 heavy (non-hydrogen) atoms. The SMILES string of the molecule is C=CCNC(=S)OCC[C@H]1CCC[C@@H](c2cccnc2)[NH2+]1. The van der Waals surface area contributed by atoms with Gasteiger partial charge >= 0.3 is 0 Å². The summed E-state index contributed by atoms with van der Waals surface area (Å²) in [5, 5.41) is 5.91. The van der Waals surface area contributed by atoms with Gasteiger partial charge in [0.25, 0.3) is 5.17 Å². The topological polar surface area (TPSA) is 50.8 Å². The molecule has 0 spiro atoms. The summed E-state index contributed by atoms with van der Waals surface area (Å²) in [7, 11) is 0. The molecule has 2 atom stereocenters. The van der Waals surface area contributed by atoms with E-state index in [4.69, 9.17) is 17.0 Å². The minimum atomic E-state index is 0.467. The van der Waals surface area contributed by atoms with E-state index in [1.807, 2.05) is 18.5 Å². The number of nitrogens with one attached hydrogen (secondary N) is 1. The molecule has 1 saturated heterocycles. The molecular weight excluding hydrogens is 282 g/mol. The zero-order valence-corrected chi connectivity index (χ0v) is 13.1. The summed E-state index contributed by atoms with van der Waals surface area (Å²) < 4.78 is 5.53. The molecule has 1 aromatic heterocycles. The molecule has 0 saturated carbocycles. The lowest BCUT2D eigenvalue weighted by molar-refractivity contribution is -0.737. The van der Waals surface area contributed by atoms with Crippen molar-refractivity contribution in [2.45, 2.75) is 37.8 Å². The molecular formula is C16H24N3OS+. The molecule has 2 rings (SSSR count). The largest absolute Gasteiger partial charge is 0.471 e. The van der Waals surface area contributed by atoms with Crippen molar-refractivity contribution in [3.8, 4) is 0 Å². The molecule has 0 amide bonds. The lowest BCUT2D eigenvalue weighted by Gasteiger charge is -2.27. The van der Waals surface area contributed by atoms with E-state index in [2.05, 4.69) is 28.3 Å². The number of ether oxygens (including phenoxy) is 1. The van der Waals surface area contributed by atoms with E-state index in [0.29, 0.717) is 30.4 Å². The number of hydrogen-bond donors (Lipinski definition) is 2. The molecule has 0 aliphatic carbocycles. The molecule has 1 fully saturated rings. The van der Waals surface area contributed by atoms with Crippen LogP contribution in [-0.4, -0.2) is 29.4 Å². The molecule has 1 aliphatic rings. The van der Waals surface area contributed by atoms with E-state index in [9.17, 15) is 0 Å². The molecule has 0 aromatic carbocycles. The molecule has 3 N–H and O–H groups in total. The second kappa shape index (κ2) is 8.74. The minimum absolute atomic E-state index is 0.467. The maximum absolute atomic E-state index is 5.53. The summed E-state index contributed by atoms with van der Waals surface area (Å²) in [5.74, 6) is 0. The molecule has 114 valence electrons. The quantitative estimate of drug-likeness (QED) is 0.620. The van der Waals surface area contributed by atoms with Gasteiger partial charge in [0, 0.05) is 37.3 Å². The van der Waals surface area contributed by atoms with E-state index < -0.39 is 0 Å². The van der Waals surface area contributed by atoms with Crippen LogP contribution in [0.5, 0.6) is 0 Å². The summed E-state index contributed by atoms with van der Waals surface area (Å²) >= 11 is 5.09. The zero-order chi connectivity index (χ0) is 14.9. The summed E-state index contributed by atoms with van der Waals surface area (Å²) in [4.78, 5) is 4.22. The molecule has 0 bridgehead atoms. The fraction of sp³-hybridized carbons (Fsp3) is 0.500. The van der Waals surface area contributed by atoms with Gasteiger partial charge in [-0.3, -0.25) is 4.98 Å². The first-order chi connectivity index (χ1) is 10.3. The van der Waals surface area contributed by atoms with Gasteiger partial charge < -0.3 is 15.4 Å². The van der Waals surface area contributed by atoms with Crippen molar-refractivity contribution in [2.24, 2.45) is 0 Å². The second-order valence-corrected chi connectivity index (χ2v) is 5.74. The van der Waals surface area contributed by atoms with Gasteiger partial charge in [0.05, 0.1) is 12.6 Å². The predicted octanol–water partition coefficient (Wildman–Crippen LogP) is 1.71. The van der Waals surface area contributed by atoms with Crippen LogP contribution >= 0.6 is 12.2 Å². The third-order valence-electron chi connectivity index (χ3n) is 3.82. The molecule has 5 heteroatoms. The van der Waals surface area contributed by atoms with Gasteiger partial charge in [0.1, 0.15) is 6.04 Å². The summed E-state index contributed by atoms with van der Waals surface area (Å²) in [6, 6.07) is 5.32. The first kappa shape index (κ1) is 15.9. The number of piperidine rings is 1. The molecule has 1 aliphatic heterocycles. The Morgan fingerprint density at radius 1 is 1.57 bits per heavy atom. The Kier molecular flexibility index (Phi) is 6.63. The van der Waals surface area contributed by atoms with Crippen LogP contribution in [0.15, 0.2) is 37.2 Å². The van der Waals surface area contributed by atoms with Crippen molar-refractivity contribution in [1.82, 2.24) is 10.3 Å². The Morgan fingerprint density at radius 3 is 3.24 bits per heavy atom. The fourth-order valence-electron chi connectivity index (χ4n) is 2.74. The Bertz CT molecular complexity index is 452. The number of pyridine rings is 1. The highest BCUT2D eigenvalue weighted by atomic mass is 32.1. The van der Waals surface area contributed by atoms with Crippen molar-refractivity contribution in [1.29, 1.82) is 0 Å². The number of aromatic nitrogens is 1. The van der Waals surface area contributed by atoms with Gasteiger partial charge in [0.15, 0.2) is 0 Å². The second-order valence-electron chi connectivity index (χ2n) is 5.37. The Balaban J connectivity index is 1.72. The molecule has 0 radical (unpaired) electrons. The van der Waals surface area contributed by atoms with Gasteiger partial charge in [-0.25, -0.2) is 0 Å². The summed E-state index contributed by atoms with van der Waals surface area (Å²) in [6.07, 6.45) is 10.3. The van der Waals surface area contributed by atoms with E-state index >= 15 is 0 Å². The zero-order valence-electron chi connectivity index (χ0n) is 12.3. The molecule has 2 heterocycles. The Hall–Kier alpha value is -1.46. The lowest BCUT2D eigenvalue weighted by Crippen LogP contribution is -2.92. The van der Waals surface area contributed by atoms with Crippen LogP contribution in [0.25, 0.3) is 0 Å². The highest BCUT2D eigenvalue weighted by Gasteiger charge is 2.26. The van der Waals surface area contributed by atoms with E-state index in [1.54, 1.807) is 6.08 Å². The maximum Gasteiger partial charge on any atom is 0.256 e. The fourth-order valence-corrected chi connectivity index (χ4v) is 2.91. The van der Waals surface area contributed by atoms with Crippen LogP contribution < -0.4 is 10.6 Å². The molecule has 0 unspecified atom stereocenters. The number of thiocarbonyl (C=S) groups is 1. The van der Waals surface area contributed by atoms with Gasteiger partial charge in [0.2, 0.25) is 0 Å². The average Bonchev–Trinajstić information content (AvgIpc) is 2.54.